The number of hydrogen-bond acceptors (Lipinski definition) is 5. The van der Waals surface area contributed by atoms with Crippen LogP contribution in [0.4, 0.5) is 4.79 Å². The van der Waals surface area contributed by atoms with E-state index in [0.717, 1.165) is 22.1 Å². The molecule has 3 rings (SSSR count). The van der Waals surface area contributed by atoms with Crippen LogP contribution >= 0.6 is 0 Å². The Labute approximate surface area is 212 Å². The van der Waals surface area contributed by atoms with Crippen molar-refractivity contribution in [2.75, 3.05) is 6.54 Å². The molecule has 0 bridgehead atoms. The van der Waals surface area contributed by atoms with Gasteiger partial charge < -0.3 is 19.4 Å². The average molecular weight is 493 g/mol. The summed E-state index contributed by atoms with van der Waals surface area (Å²) in [5.74, 6) is -0.267. The van der Waals surface area contributed by atoms with Crippen LogP contribution in [0.1, 0.15) is 52.2 Å². The molecular weight excluding hydrogens is 456 g/mol. The molecule has 7 heteroatoms. The maximum Gasteiger partial charge on any atom is 0.408 e. The second-order valence-electron chi connectivity index (χ2n) is 10.5. The monoisotopic (exact) mass is 492 g/mol. The van der Waals surface area contributed by atoms with Crippen molar-refractivity contribution in [1.82, 2.24) is 10.2 Å². The molecule has 0 saturated heterocycles. The number of furan rings is 1. The van der Waals surface area contributed by atoms with E-state index in [0.29, 0.717) is 13.1 Å². The van der Waals surface area contributed by atoms with Gasteiger partial charge in [0.15, 0.2) is 0 Å². The Morgan fingerprint density at radius 2 is 1.72 bits per heavy atom. The number of benzene rings is 2. The topological polar surface area (TPSA) is 88.9 Å². The van der Waals surface area contributed by atoms with Crippen LogP contribution in [-0.2, 0) is 27.3 Å². The van der Waals surface area contributed by atoms with E-state index in [1.54, 1.807) is 31.9 Å². The van der Waals surface area contributed by atoms with E-state index in [9.17, 15) is 14.4 Å². The van der Waals surface area contributed by atoms with Crippen molar-refractivity contribution in [2.45, 2.75) is 65.6 Å². The van der Waals surface area contributed by atoms with E-state index in [1.165, 1.54) is 0 Å². The number of Topliss-reactive ketones (excluding diaryl/α,β-unsaturated/α-hetero) is 1. The highest BCUT2D eigenvalue weighted by molar-refractivity contribution is 5.92. The summed E-state index contributed by atoms with van der Waals surface area (Å²) in [7, 11) is 0. The molecule has 3 aromatic rings. The number of nitrogens with one attached hydrogen (secondary N) is 1. The Kier molecular flexibility index (Phi) is 8.91. The Morgan fingerprint density at radius 1 is 1.00 bits per heavy atom. The van der Waals surface area contributed by atoms with Gasteiger partial charge in [-0.2, -0.15) is 0 Å². The molecule has 0 aliphatic rings. The van der Waals surface area contributed by atoms with Crippen molar-refractivity contribution in [3.05, 3.63) is 72.0 Å². The molecule has 2 amide bonds. The summed E-state index contributed by atoms with van der Waals surface area (Å²) < 4.78 is 10.8. The summed E-state index contributed by atoms with van der Waals surface area (Å²) in [4.78, 5) is 41.0. The minimum Gasteiger partial charge on any atom is -0.464 e. The first-order valence-electron chi connectivity index (χ1n) is 12.3. The van der Waals surface area contributed by atoms with Crippen LogP contribution in [-0.4, -0.2) is 40.9 Å². The number of ketones is 1. The molecule has 7 nitrogen and oxygen atoms in total. The molecule has 1 N–H and O–H groups in total. The van der Waals surface area contributed by atoms with Crippen molar-refractivity contribution in [3.8, 4) is 0 Å². The van der Waals surface area contributed by atoms with Crippen LogP contribution in [0, 0.1) is 5.92 Å². The molecule has 0 saturated carbocycles. The number of alkyl carbamates (subject to hydrolysis) is 1. The van der Waals surface area contributed by atoms with Crippen LogP contribution in [0.3, 0.4) is 0 Å². The fourth-order valence-electron chi connectivity index (χ4n) is 4.00. The number of hydrogen-bond donors (Lipinski definition) is 1. The first kappa shape index (κ1) is 27.0. The zero-order chi connectivity index (χ0) is 26.3. The molecule has 0 unspecified atom stereocenters. The lowest BCUT2D eigenvalue weighted by molar-refractivity contribution is -0.136. The molecular formula is C29H36N2O5. The van der Waals surface area contributed by atoms with E-state index in [2.05, 4.69) is 5.32 Å². The highest BCUT2D eigenvalue weighted by Crippen LogP contribution is 2.19. The summed E-state index contributed by atoms with van der Waals surface area (Å²) >= 11 is 0. The third-order valence-corrected chi connectivity index (χ3v) is 5.45. The highest BCUT2D eigenvalue weighted by atomic mass is 16.6. The minimum atomic E-state index is -1.03. The molecule has 0 aliphatic carbocycles. The van der Waals surface area contributed by atoms with Gasteiger partial charge in [0, 0.05) is 31.3 Å². The highest BCUT2D eigenvalue weighted by Gasteiger charge is 2.30. The van der Waals surface area contributed by atoms with Crippen LogP contribution in [0.2, 0.25) is 0 Å². The molecule has 1 aromatic heterocycles. The molecule has 0 fully saturated rings. The van der Waals surface area contributed by atoms with Gasteiger partial charge in [-0.05, 0) is 56.0 Å². The predicted molar refractivity (Wildman–Crippen MR) is 139 cm³/mol. The van der Waals surface area contributed by atoms with Gasteiger partial charge in [0.1, 0.15) is 23.0 Å². The summed E-state index contributed by atoms with van der Waals surface area (Å²) in [6.45, 7) is 10.1. The second kappa shape index (κ2) is 11.9. The van der Waals surface area contributed by atoms with Crippen LogP contribution < -0.4 is 5.32 Å². The molecule has 0 aliphatic heterocycles. The first-order chi connectivity index (χ1) is 17.0. The van der Waals surface area contributed by atoms with Crippen molar-refractivity contribution in [1.29, 1.82) is 0 Å². The molecule has 36 heavy (non-hydrogen) atoms. The van der Waals surface area contributed by atoms with Crippen molar-refractivity contribution in [2.24, 2.45) is 5.92 Å². The normalized spacial score (nSPS) is 12.4. The largest absolute Gasteiger partial charge is 0.464 e. The fourth-order valence-corrected chi connectivity index (χ4v) is 4.00. The quantitative estimate of drug-likeness (QED) is 0.403. The molecule has 0 radical (unpaired) electrons. The zero-order valence-corrected chi connectivity index (χ0v) is 21.7. The Hall–Kier alpha value is -3.61. The number of carbonyl (C=O) groups excluding carboxylic acids is 3. The van der Waals surface area contributed by atoms with E-state index >= 15 is 0 Å². The summed E-state index contributed by atoms with van der Waals surface area (Å²) in [5, 5.41) is 3.62. The molecule has 2 aromatic carbocycles. The number of ether oxygens (including phenoxy) is 1. The Bertz CT molecular complexity index is 1180. The van der Waals surface area contributed by atoms with Gasteiger partial charge in [-0.25, -0.2) is 4.79 Å². The van der Waals surface area contributed by atoms with Crippen LogP contribution in [0.5, 0.6) is 0 Å². The van der Waals surface area contributed by atoms with Crippen LogP contribution in [0.25, 0.3) is 11.0 Å². The van der Waals surface area contributed by atoms with E-state index in [4.69, 9.17) is 9.15 Å². The summed E-state index contributed by atoms with van der Waals surface area (Å²) in [6, 6.07) is 16.0. The third-order valence-electron chi connectivity index (χ3n) is 5.45. The van der Waals surface area contributed by atoms with Gasteiger partial charge in [-0.3, -0.25) is 9.59 Å². The number of fused-ring (bicyclic) bond motifs is 1. The lowest BCUT2D eigenvalue weighted by Crippen LogP contribution is -2.51. The lowest BCUT2D eigenvalue weighted by atomic mass is 10.0. The number of nitrogens with zero attached hydrogens (tertiary/aromatic N) is 1. The lowest BCUT2D eigenvalue weighted by Gasteiger charge is -2.30. The van der Waals surface area contributed by atoms with Gasteiger partial charge in [0.25, 0.3) is 0 Å². The summed E-state index contributed by atoms with van der Waals surface area (Å²) in [6.07, 6.45) is 0.965. The zero-order valence-electron chi connectivity index (χ0n) is 21.7. The fraction of sp³-hybridized carbons (Fsp3) is 0.414. The standard InChI is InChI=1S/C29H36N2O5/c1-20(2)18-31(19-22-11-12-26-23(15-22)13-14-35-26)27(33)25(30-28(34)36-29(3,4)5)17-24(32)16-21-9-7-6-8-10-21/h6-15,20,25H,16-19H2,1-5H3,(H,30,34)/t25-/m0/s1. The second-order valence-corrected chi connectivity index (χ2v) is 10.5. The van der Waals surface area contributed by atoms with Gasteiger partial charge in [-0.1, -0.05) is 50.2 Å². The average Bonchev–Trinajstić information content (AvgIpc) is 3.24. The molecule has 192 valence electrons. The van der Waals surface area contributed by atoms with Gasteiger partial charge in [-0.15, -0.1) is 0 Å². The Morgan fingerprint density at radius 3 is 2.39 bits per heavy atom. The molecule has 1 atom stereocenters. The van der Waals surface area contributed by atoms with Crippen molar-refractivity contribution >= 4 is 28.8 Å². The number of carbonyl (C=O) groups is 3. The van der Waals surface area contributed by atoms with Crippen molar-refractivity contribution in [3.63, 3.8) is 0 Å². The molecule has 0 spiro atoms. The van der Waals surface area contributed by atoms with Gasteiger partial charge in [0.2, 0.25) is 5.91 Å². The SMILES string of the molecule is CC(C)CN(Cc1ccc2occc2c1)C(=O)[C@H](CC(=O)Cc1ccccc1)NC(=O)OC(C)(C)C. The third kappa shape index (κ3) is 8.26. The minimum absolute atomic E-state index is 0.123. The Balaban J connectivity index is 1.82. The van der Waals surface area contributed by atoms with Gasteiger partial charge in [0.05, 0.1) is 6.26 Å². The van der Waals surface area contributed by atoms with E-state index in [1.807, 2.05) is 68.4 Å². The maximum absolute atomic E-state index is 13.8. The van der Waals surface area contributed by atoms with Crippen LogP contribution in [0.15, 0.2) is 65.3 Å². The van der Waals surface area contributed by atoms with Crippen molar-refractivity contribution < 1.29 is 23.5 Å². The number of amides is 2. The van der Waals surface area contributed by atoms with E-state index < -0.39 is 17.7 Å². The first-order valence-corrected chi connectivity index (χ1v) is 12.3. The maximum atomic E-state index is 13.8. The number of rotatable bonds is 10. The smallest absolute Gasteiger partial charge is 0.408 e. The summed E-state index contributed by atoms with van der Waals surface area (Å²) in [5.41, 5.74) is 1.84. The van der Waals surface area contributed by atoms with E-state index in [-0.39, 0.29) is 30.4 Å². The van der Waals surface area contributed by atoms with Gasteiger partial charge >= 0.3 is 6.09 Å². The molecule has 1 heterocycles. The predicted octanol–water partition coefficient (Wildman–Crippen LogP) is 5.51.